The fourth-order valence-corrected chi connectivity index (χ4v) is 1.50. The van der Waals surface area contributed by atoms with Crippen LogP contribution in [-0.2, 0) is 6.54 Å². The van der Waals surface area contributed by atoms with Gasteiger partial charge in [0.1, 0.15) is 0 Å². The summed E-state index contributed by atoms with van der Waals surface area (Å²) >= 11 is 0. The third-order valence-electron chi connectivity index (χ3n) is 2.39. The van der Waals surface area contributed by atoms with E-state index in [-0.39, 0.29) is 35.0 Å². The quantitative estimate of drug-likeness (QED) is 0.371. The van der Waals surface area contributed by atoms with Crippen LogP contribution >= 0.6 is 17.0 Å². The molecular weight excluding hydrogens is 314 g/mol. The molecule has 1 heterocycles. The van der Waals surface area contributed by atoms with Gasteiger partial charge in [-0.2, -0.15) is 4.57 Å². The van der Waals surface area contributed by atoms with Gasteiger partial charge in [-0.05, 0) is 0 Å². The van der Waals surface area contributed by atoms with Gasteiger partial charge in [0.15, 0.2) is 12.4 Å². The molecule has 7 heteroatoms. The third-order valence-corrected chi connectivity index (χ3v) is 2.39. The molecule has 98 valence electrons. The van der Waals surface area contributed by atoms with Crippen LogP contribution in [0.3, 0.4) is 0 Å². The van der Waals surface area contributed by atoms with E-state index in [1.165, 1.54) is 18.2 Å². The number of carbonyl (C=O) groups is 1. The lowest BCUT2D eigenvalue weighted by molar-refractivity contribution is -0.683. The van der Waals surface area contributed by atoms with Crippen molar-refractivity contribution in [2.24, 2.45) is 0 Å². The van der Waals surface area contributed by atoms with Crippen molar-refractivity contribution in [3.05, 3.63) is 64.7 Å². The van der Waals surface area contributed by atoms with Crippen LogP contribution < -0.4 is 4.57 Å². The van der Waals surface area contributed by atoms with Gasteiger partial charge >= 0.3 is 0 Å². The van der Waals surface area contributed by atoms with Crippen molar-refractivity contribution >= 4 is 28.5 Å². The second-order valence-corrected chi connectivity index (χ2v) is 3.65. The lowest BCUT2D eigenvalue weighted by atomic mass is 10.1. The Morgan fingerprint density at radius 3 is 2.63 bits per heavy atom. The summed E-state index contributed by atoms with van der Waals surface area (Å²) in [6.45, 7) is 0.129. The summed E-state index contributed by atoms with van der Waals surface area (Å²) in [4.78, 5) is 25.9. The zero-order valence-electron chi connectivity index (χ0n) is 9.80. The highest BCUT2D eigenvalue weighted by atomic mass is 79.9. The molecule has 0 atom stereocenters. The maximum absolute atomic E-state index is 11.9. The predicted octanol–water partition coefficient (Wildman–Crippen LogP) is 1.74. The highest BCUT2D eigenvalue weighted by Crippen LogP contribution is 2.13. The first-order valence-corrected chi connectivity index (χ1v) is 5.23. The van der Waals surface area contributed by atoms with Gasteiger partial charge in [-0.25, -0.2) is 0 Å². The zero-order valence-corrected chi connectivity index (χ0v) is 11.5. The Kier molecular flexibility index (Phi) is 5.25. The van der Waals surface area contributed by atoms with Crippen LogP contribution in [0.1, 0.15) is 10.4 Å². The van der Waals surface area contributed by atoms with Gasteiger partial charge in [0, 0.05) is 17.7 Å². The fraction of sp³-hybridized carbons (Fsp3) is 0.0833. The van der Waals surface area contributed by atoms with Gasteiger partial charge < -0.3 is 0 Å². The zero-order chi connectivity index (χ0) is 13.0. The molecule has 6 nitrogen and oxygen atoms in total. The maximum atomic E-state index is 11.9. The van der Waals surface area contributed by atoms with Crippen LogP contribution in [0.15, 0.2) is 49.1 Å². The molecule has 0 spiro atoms. The lowest BCUT2D eigenvalue weighted by Crippen LogP contribution is -2.37. The van der Waals surface area contributed by atoms with Gasteiger partial charge in [0.2, 0.25) is 12.3 Å². The van der Waals surface area contributed by atoms with Crippen molar-refractivity contribution in [1.82, 2.24) is 4.98 Å². The second-order valence-electron chi connectivity index (χ2n) is 3.65. The van der Waals surface area contributed by atoms with E-state index in [0.717, 1.165) is 0 Å². The Hall–Kier alpha value is -2.15. The number of halogens is 1. The van der Waals surface area contributed by atoms with Crippen molar-refractivity contribution in [1.29, 1.82) is 0 Å². The number of nitrogens with zero attached hydrogens (tertiary/aromatic N) is 3. The maximum Gasteiger partial charge on any atom is 0.270 e. The molecule has 2 rings (SSSR count). The highest BCUT2D eigenvalue weighted by Gasteiger charge is 2.14. The number of nitro benzene ring substituents is 1. The first-order valence-electron chi connectivity index (χ1n) is 5.23. The van der Waals surface area contributed by atoms with Gasteiger partial charge in [-0.1, -0.05) is 12.1 Å². The van der Waals surface area contributed by atoms with E-state index in [9.17, 15) is 14.9 Å². The summed E-state index contributed by atoms with van der Waals surface area (Å²) in [5, 5.41) is 10.6. The van der Waals surface area contributed by atoms with E-state index in [2.05, 4.69) is 4.98 Å². The number of hydrogen-bond acceptors (Lipinski definition) is 4. The number of rotatable bonds is 4. The minimum Gasteiger partial charge on any atom is -0.287 e. The summed E-state index contributed by atoms with van der Waals surface area (Å²) in [5.74, 6) is -0.185. The van der Waals surface area contributed by atoms with Crippen molar-refractivity contribution in [3.8, 4) is 0 Å². The molecule has 0 bridgehead atoms. The van der Waals surface area contributed by atoms with Crippen molar-refractivity contribution in [2.45, 2.75) is 6.54 Å². The van der Waals surface area contributed by atoms with E-state index < -0.39 is 4.92 Å². The van der Waals surface area contributed by atoms with Crippen LogP contribution in [-0.4, -0.2) is 15.7 Å². The van der Waals surface area contributed by atoms with Gasteiger partial charge in [-0.3, -0.25) is 19.9 Å². The molecule has 0 saturated carbocycles. The predicted molar refractivity (Wildman–Crippen MR) is 72.2 cm³/mol. The average Bonchev–Trinajstić information content (AvgIpc) is 2.40. The van der Waals surface area contributed by atoms with E-state index in [1.54, 1.807) is 35.4 Å². The number of hydrogen-bond donors (Lipinski definition) is 0. The van der Waals surface area contributed by atoms with Gasteiger partial charge in [0.05, 0.1) is 17.3 Å². The number of aromatic nitrogens is 2. The monoisotopic (exact) mass is 324 g/mol. The Bertz CT molecular complexity index is 590. The third kappa shape index (κ3) is 3.92. The average molecular weight is 325 g/mol. The number of carbonyl (C=O) groups excluding carboxylic acids is 1. The van der Waals surface area contributed by atoms with Gasteiger partial charge in [0.25, 0.3) is 5.69 Å². The molecule has 0 aliphatic rings. The summed E-state index contributed by atoms with van der Waals surface area (Å²) in [6.07, 6.45) is 6.46. The molecule has 0 fully saturated rings. The van der Waals surface area contributed by atoms with Crippen LogP contribution in [0.25, 0.3) is 0 Å². The molecular formula is C12H11BrN3O3+. The molecule has 0 unspecified atom stereocenters. The van der Waals surface area contributed by atoms with Crippen LogP contribution in [0.5, 0.6) is 0 Å². The molecule has 0 amide bonds. The minimum absolute atomic E-state index is 0. The number of Topliss-reactive ketones (excluding diaryl/α,β-unsaturated/α-hetero) is 1. The molecule has 2 aromatic rings. The topological polar surface area (TPSA) is 77.0 Å². The molecule has 0 saturated heterocycles. The number of benzene rings is 1. The Morgan fingerprint density at radius 2 is 2.00 bits per heavy atom. The first kappa shape index (κ1) is 14.9. The molecule has 1 aromatic heterocycles. The molecule has 0 radical (unpaired) electrons. The second kappa shape index (κ2) is 6.69. The molecule has 1 aromatic carbocycles. The van der Waals surface area contributed by atoms with Crippen molar-refractivity contribution < 1.29 is 14.3 Å². The largest absolute Gasteiger partial charge is 0.287 e. The van der Waals surface area contributed by atoms with E-state index >= 15 is 0 Å². The van der Waals surface area contributed by atoms with E-state index in [0.29, 0.717) is 5.56 Å². The number of nitro groups is 1. The van der Waals surface area contributed by atoms with Gasteiger partial charge in [-0.15, -0.1) is 17.0 Å². The number of non-ortho nitro benzene ring substituents is 1. The molecule has 0 aliphatic carbocycles. The summed E-state index contributed by atoms with van der Waals surface area (Å²) in [5.41, 5.74) is 0.245. The summed E-state index contributed by atoms with van der Waals surface area (Å²) in [7, 11) is 0. The lowest BCUT2D eigenvalue weighted by Gasteiger charge is -1.98. The van der Waals surface area contributed by atoms with E-state index in [4.69, 9.17) is 0 Å². The summed E-state index contributed by atoms with van der Waals surface area (Å²) < 4.78 is 1.66. The first-order chi connectivity index (χ1) is 8.66. The fourth-order valence-electron chi connectivity index (χ4n) is 1.50. The molecule has 0 aliphatic heterocycles. The van der Waals surface area contributed by atoms with E-state index in [1.807, 2.05) is 0 Å². The SMILES string of the molecule is Br.O=C(C[n+]1ccncc1)c1cccc([N+](=O)[O-])c1. The molecule has 0 N–H and O–H groups in total. The Morgan fingerprint density at radius 1 is 1.32 bits per heavy atom. The van der Waals surface area contributed by atoms with Crippen molar-refractivity contribution in [2.75, 3.05) is 0 Å². The van der Waals surface area contributed by atoms with Crippen molar-refractivity contribution in [3.63, 3.8) is 0 Å². The van der Waals surface area contributed by atoms with Crippen LogP contribution in [0.4, 0.5) is 5.69 Å². The normalized spacial score (nSPS) is 9.47. The van der Waals surface area contributed by atoms with Crippen LogP contribution in [0, 0.1) is 10.1 Å². The minimum atomic E-state index is -0.518. The standard InChI is InChI=1S/C12H10N3O3.BrH/c16-12(9-14-6-4-13-5-7-14)10-2-1-3-11(8-10)15(17)18;/h1-8H,9H2;1H/q+1;. The number of ketones is 1. The summed E-state index contributed by atoms with van der Waals surface area (Å²) in [6, 6.07) is 5.71. The Labute approximate surface area is 119 Å². The molecule has 19 heavy (non-hydrogen) atoms. The smallest absolute Gasteiger partial charge is 0.270 e. The Balaban J connectivity index is 0.00000180. The highest BCUT2D eigenvalue weighted by molar-refractivity contribution is 8.93. The van der Waals surface area contributed by atoms with Crippen LogP contribution in [0.2, 0.25) is 0 Å².